The van der Waals surface area contributed by atoms with E-state index in [4.69, 9.17) is 28.3 Å². The Morgan fingerprint density at radius 2 is 1.71 bits per heavy atom. The molecule has 1 aliphatic rings. The van der Waals surface area contributed by atoms with Crippen molar-refractivity contribution in [2.24, 2.45) is 0 Å². The first-order valence-corrected chi connectivity index (χ1v) is 4.48. The summed E-state index contributed by atoms with van der Waals surface area (Å²) in [5, 5.41) is 8.50. The van der Waals surface area contributed by atoms with Crippen molar-refractivity contribution >= 4 is 41.2 Å². The molecule has 0 radical (unpaired) electrons. The van der Waals surface area contributed by atoms with E-state index in [1.807, 2.05) is 0 Å². The van der Waals surface area contributed by atoms with Gasteiger partial charge in [-0.1, -0.05) is 5.06 Å². The summed E-state index contributed by atoms with van der Waals surface area (Å²) in [6, 6.07) is 0. The van der Waals surface area contributed by atoms with Gasteiger partial charge in [-0.25, -0.2) is 4.79 Å². The molecule has 1 rings (SSSR count). The molecule has 1 N–H and O–H groups in total. The number of hydroxylamine groups is 2. The van der Waals surface area contributed by atoms with Gasteiger partial charge < -0.3 is 5.11 Å². The third kappa shape index (κ3) is 4.29. The van der Waals surface area contributed by atoms with Gasteiger partial charge in [-0.05, 0) is 0 Å². The highest BCUT2D eigenvalue weighted by molar-refractivity contribution is 6.40. The van der Waals surface area contributed by atoms with Crippen LogP contribution in [0.25, 0.3) is 0 Å². The van der Waals surface area contributed by atoms with Crippen molar-refractivity contribution < 1.29 is 24.3 Å². The Morgan fingerprint density at radius 3 is 2.00 bits per heavy atom. The molecule has 0 atom stereocenters. The van der Waals surface area contributed by atoms with Crippen LogP contribution in [0.3, 0.4) is 0 Å². The monoisotopic (exact) mass is 243 g/mol. The topological polar surface area (TPSA) is 83.9 Å². The number of alkyl halides is 2. The molecule has 0 unspecified atom stereocenters. The van der Waals surface area contributed by atoms with E-state index >= 15 is 0 Å². The molecule has 1 aliphatic heterocycles. The number of carboxylic acid groups (broad SMARTS) is 1. The molecule has 1 saturated heterocycles. The lowest BCUT2D eigenvalue weighted by molar-refractivity contribution is -0.175. The Kier molecular flexibility index (Phi) is 5.98. The van der Waals surface area contributed by atoms with Crippen LogP contribution in [-0.2, 0) is 14.4 Å². The van der Waals surface area contributed by atoms with Crippen molar-refractivity contribution in [1.29, 1.82) is 0 Å². The lowest BCUT2D eigenvalue weighted by Gasteiger charge is -2.08. The number of amides is 2. The number of rotatable bonds is 1. The number of hydrogen-bond acceptors (Lipinski definition) is 4. The Balaban J connectivity index is 0.000000500. The van der Waals surface area contributed by atoms with Crippen molar-refractivity contribution in [2.75, 3.05) is 5.34 Å². The van der Waals surface area contributed by atoms with Crippen LogP contribution in [0.1, 0.15) is 12.8 Å². The second-order valence-electron chi connectivity index (χ2n) is 2.04. The molecule has 6 nitrogen and oxygen atoms in total. The maximum atomic E-state index is 10.6. The fourth-order valence-corrected chi connectivity index (χ4v) is 0.736. The number of carbonyl (C=O) groups excluding carboxylic acids is 2. The standard InChI is InChI=1S/C5H5NO5.CH2Cl2/c7-3-1-2-4(8)6(3)11-5(9)10;2-1-3/h1-2H2,(H,9,10);1H2. The lowest BCUT2D eigenvalue weighted by Crippen LogP contribution is -2.31. The summed E-state index contributed by atoms with van der Waals surface area (Å²) in [5.74, 6) is -1.23. The van der Waals surface area contributed by atoms with E-state index in [9.17, 15) is 14.4 Å². The number of imide groups is 1. The van der Waals surface area contributed by atoms with Gasteiger partial charge in [0.15, 0.2) is 0 Å². The van der Waals surface area contributed by atoms with E-state index in [0.29, 0.717) is 0 Å². The summed E-state index contributed by atoms with van der Waals surface area (Å²) in [5.41, 5.74) is 0. The fourth-order valence-electron chi connectivity index (χ4n) is 0.736. The minimum atomic E-state index is -1.66. The second-order valence-corrected chi connectivity index (χ2v) is 2.85. The normalized spacial score (nSPS) is 14.9. The van der Waals surface area contributed by atoms with Gasteiger partial charge in [0.2, 0.25) is 0 Å². The zero-order valence-electron chi connectivity index (χ0n) is 6.90. The highest BCUT2D eigenvalue weighted by Crippen LogP contribution is 2.11. The molecule has 0 aromatic heterocycles. The van der Waals surface area contributed by atoms with Crippen molar-refractivity contribution in [1.82, 2.24) is 5.06 Å². The average molecular weight is 244 g/mol. The molecule has 0 spiro atoms. The quantitative estimate of drug-likeness (QED) is 0.552. The van der Waals surface area contributed by atoms with Gasteiger partial charge in [-0.15, -0.1) is 23.2 Å². The first-order valence-electron chi connectivity index (χ1n) is 3.41. The van der Waals surface area contributed by atoms with Crippen LogP contribution in [0.4, 0.5) is 4.79 Å². The lowest BCUT2D eigenvalue weighted by atomic mass is 10.4. The molecule has 14 heavy (non-hydrogen) atoms. The largest absolute Gasteiger partial charge is 0.531 e. The van der Waals surface area contributed by atoms with E-state index in [1.165, 1.54) is 0 Å². The summed E-state index contributed by atoms with van der Waals surface area (Å²) in [7, 11) is 0. The van der Waals surface area contributed by atoms with Crippen LogP contribution in [0.2, 0.25) is 0 Å². The van der Waals surface area contributed by atoms with Gasteiger partial charge in [0.05, 0.1) is 5.34 Å². The Bertz CT molecular complexity index is 228. The van der Waals surface area contributed by atoms with Gasteiger partial charge >= 0.3 is 6.16 Å². The van der Waals surface area contributed by atoms with Crippen LogP contribution in [0, 0.1) is 0 Å². The van der Waals surface area contributed by atoms with Crippen LogP contribution in [0.15, 0.2) is 0 Å². The first-order chi connectivity index (χ1) is 6.52. The van der Waals surface area contributed by atoms with Gasteiger partial charge in [-0.2, -0.15) is 0 Å². The summed E-state index contributed by atoms with van der Waals surface area (Å²) < 4.78 is 0. The Morgan fingerprint density at radius 1 is 1.36 bits per heavy atom. The second kappa shape index (κ2) is 6.44. The van der Waals surface area contributed by atoms with Gasteiger partial charge in [0.1, 0.15) is 0 Å². The van der Waals surface area contributed by atoms with Crippen molar-refractivity contribution in [3.63, 3.8) is 0 Å². The predicted octanol–water partition coefficient (Wildman–Crippen LogP) is 1.17. The van der Waals surface area contributed by atoms with E-state index in [0.717, 1.165) is 0 Å². The molecule has 8 heteroatoms. The van der Waals surface area contributed by atoms with Gasteiger partial charge in [0.25, 0.3) is 11.8 Å². The highest BCUT2D eigenvalue weighted by Gasteiger charge is 2.32. The Hall–Kier alpha value is -1.01. The van der Waals surface area contributed by atoms with E-state index < -0.39 is 18.0 Å². The molecule has 0 aliphatic carbocycles. The number of carbonyl (C=O) groups is 3. The van der Waals surface area contributed by atoms with E-state index in [-0.39, 0.29) is 23.2 Å². The fraction of sp³-hybridized carbons (Fsp3) is 0.500. The maximum absolute atomic E-state index is 10.6. The van der Waals surface area contributed by atoms with Gasteiger partial charge in [-0.3, -0.25) is 14.4 Å². The number of nitrogens with zero attached hydrogens (tertiary/aromatic N) is 1. The van der Waals surface area contributed by atoms with Gasteiger partial charge in [0, 0.05) is 12.8 Å². The molecule has 80 valence electrons. The molecule has 2 amide bonds. The minimum absolute atomic E-state index is 0.0200. The molecule has 1 fully saturated rings. The predicted molar refractivity (Wildman–Crippen MR) is 46.8 cm³/mol. The number of halogens is 2. The first kappa shape index (κ1) is 13.0. The molecular formula is C6H7Cl2NO5. The summed E-state index contributed by atoms with van der Waals surface area (Å²) in [6.07, 6.45) is -1.62. The molecule has 1 heterocycles. The third-order valence-electron chi connectivity index (χ3n) is 1.18. The van der Waals surface area contributed by atoms with Crippen molar-refractivity contribution in [3.8, 4) is 0 Å². The highest BCUT2D eigenvalue weighted by atomic mass is 35.5. The zero-order chi connectivity index (χ0) is 11.1. The molecule has 0 aromatic rings. The minimum Gasteiger partial charge on any atom is -0.448 e. The smallest absolute Gasteiger partial charge is 0.448 e. The Labute approximate surface area is 89.3 Å². The molecule has 0 aromatic carbocycles. The zero-order valence-corrected chi connectivity index (χ0v) is 8.42. The molecule has 0 saturated carbocycles. The van der Waals surface area contributed by atoms with E-state index in [2.05, 4.69) is 4.84 Å². The van der Waals surface area contributed by atoms with Crippen LogP contribution in [-0.4, -0.2) is 33.5 Å². The van der Waals surface area contributed by atoms with E-state index in [1.54, 1.807) is 0 Å². The average Bonchev–Trinajstić information content (AvgIpc) is 2.37. The van der Waals surface area contributed by atoms with Crippen LogP contribution >= 0.6 is 23.2 Å². The van der Waals surface area contributed by atoms with Crippen LogP contribution < -0.4 is 0 Å². The number of hydrogen-bond donors (Lipinski definition) is 1. The maximum Gasteiger partial charge on any atom is 0.531 e. The van der Waals surface area contributed by atoms with Crippen molar-refractivity contribution in [3.05, 3.63) is 0 Å². The molecule has 0 bridgehead atoms. The van der Waals surface area contributed by atoms with Crippen molar-refractivity contribution in [2.45, 2.75) is 12.8 Å². The molecular weight excluding hydrogens is 237 g/mol. The SMILES string of the molecule is ClCCl.O=C(O)ON1C(=O)CCC1=O. The third-order valence-corrected chi connectivity index (χ3v) is 1.18. The summed E-state index contributed by atoms with van der Waals surface area (Å²) >= 11 is 9.53. The van der Waals surface area contributed by atoms with Crippen LogP contribution in [0.5, 0.6) is 0 Å². The summed E-state index contributed by atoms with van der Waals surface area (Å²) in [6.45, 7) is 0. The summed E-state index contributed by atoms with van der Waals surface area (Å²) in [4.78, 5) is 35.0.